The largest absolute Gasteiger partial charge is 0.462 e. The Morgan fingerprint density at radius 2 is 1.74 bits per heavy atom. The maximum absolute atomic E-state index is 13.1. The summed E-state index contributed by atoms with van der Waals surface area (Å²) in [4.78, 5) is 17.3. The molecule has 0 atom stereocenters. The van der Waals surface area contributed by atoms with E-state index in [1.165, 1.54) is 24.8 Å². The Labute approximate surface area is 206 Å². The number of esters is 1. The molecule has 0 saturated heterocycles. The van der Waals surface area contributed by atoms with Crippen LogP contribution >= 0.6 is 23.2 Å². The SMILES string of the molecule is CCOC(=O)c1c(S(=O)(=O)N(C)C)nn2c(-c3ccc(Cl)cc3)c(-c3ccccc3Cl)cnc12. The molecule has 4 rings (SSSR count). The van der Waals surface area contributed by atoms with Crippen LogP contribution in [-0.4, -0.2) is 54.0 Å². The molecule has 11 heteroatoms. The molecule has 0 aliphatic carbocycles. The van der Waals surface area contributed by atoms with Crippen molar-refractivity contribution >= 4 is 44.8 Å². The lowest BCUT2D eigenvalue weighted by atomic mass is 10.0. The van der Waals surface area contributed by atoms with E-state index in [0.717, 1.165) is 4.31 Å². The zero-order valence-corrected chi connectivity index (χ0v) is 20.8. The minimum Gasteiger partial charge on any atom is -0.462 e. The molecule has 0 aliphatic heterocycles. The fourth-order valence-electron chi connectivity index (χ4n) is 3.46. The Hall–Kier alpha value is -2.98. The number of fused-ring (bicyclic) bond motifs is 1. The van der Waals surface area contributed by atoms with Crippen LogP contribution in [-0.2, 0) is 14.8 Å². The first kappa shape index (κ1) is 24.2. The first-order valence-corrected chi connectivity index (χ1v) is 12.4. The lowest BCUT2D eigenvalue weighted by Crippen LogP contribution is -2.24. The van der Waals surface area contributed by atoms with Gasteiger partial charge in [-0.05, 0) is 25.1 Å². The number of sulfonamides is 1. The quantitative estimate of drug-likeness (QED) is 0.340. The molecular weight excluding hydrogens is 499 g/mol. The summed E-state index contributed by atoms with van der Waals surface area (Å²) in [7, 11) is -1.39. The van der Waals surface area contributed by atoms with Crippen LogP contribution in [0.5, 0.6) is 0 Å². The maximum Gasteiger partial charge on any atom is 0.345 e. The van der Waals surface area contributed by atoms with Gasteiger partial charge in [0.1, 0.15) is 5.56 Å². The highest BCUT2D eigenvalue weighted by atomic mass is 35.5. The van der Waals surface area contributed by atoms with E-state index >= 15 is 0 Å². The van der Waals surface area contributed by atoms with Gasteiger partial charge in [-0.15, -0.1) is 0 Å². The summed E-state index contributed by atoms with van der Waals surface area (Å²) in [6.07, 6.45) is 1.54. The molecule has 0 aliphatic rings. The van der Waals surface area contributed by atoms with E-state index < -0.39 is 21.0 Å². The van der Waals surface area contributed by atoms with Crippen LogP contribution in [0, 0.1) is 0 Å². The van der Waals surface area contributed by atoms with Gasteiger partial charge in [0.25, 0.3) is 10.0 Å². The van der Waals surface area contributed by atoms with Gasteiger partial charge in [-0.2, -0.15) is 5.10 Å². The van der Waals surface area contributed by atoms with Crippen molar-refractivity contribution in [1.82, 2.24) is 18.9 Å². The smallest absolute Gasteiger partial charge is 0.345 e. The van der Waals surface area contributed by atoms with Crippen LogP contribution in [0.15, 0.2) is 59.8 Å². The molecule has 34 heavy (non-hydrogen) atoms. The lowest BCUT2D eigenvalue weighted by Gasteiger charge is -2.13. The topological polar surface area (TPSA) is 93.9 Å². The summed E-state index contributed by atoms with van der Waals surface area (Å²) >= 11 is 12.6. The predicted octanol–water partition coefficient (Wildman–Crippen LogP) is 4.80. The number of rotatable bonds is 6. The van der Waals surface area contributed by atoms with Crippen molar-refractivity contribution in [3.05, 3.63) is 70.3 Å². The molecule has 4 aromatic rings. The van der Waals surface area contributed by atoms with Crippen LogP contribution < -0.4 is 0 Å². The Morgan fingerprint density at radius 1 is 1.06 bits per heavy atom. The molecule has 0 radical (unpaired) electrons. The summed E-state index contributed by atoms with van der Waals surface area (Å²) in [5.74, 6) is -0.835. The molecule has 0 saturated carbocycles. The summed E-state index contributed by atoms with van der Waals surface area (Å²) in [6.45, 7) is 1.69. The normalized spacial score (nSPS) is 11.8. The lowest BCUT2D eigenvalue weighted by molar-refractivity contribution is 0.0523. The van der Waals surface area contributed by atoms with Crippen molar-refractivity contribution in [2.24, 2.45) is 0 Å². The van der Waals surface area contributed by atoms with Crippen LogP contribution in [0.4, 0.5) is 0 Å². The third-order valence-electron chi connectivity index (χ3n) is 5.10. The fraction of sp³-hybridized carbons (Fsp3) is 0.174. The highest BCUT2D eigenvalue weighted by Gasteiger charge is 2.34. The zero-order chi connectivity index (χ0) is 24.6. The number of hydrogen-bond acceptors (Lipinski definition) is 6. The van der Waals surface area contributed by atoms with Gasteiger partial charge in [0, 0.05) is 47.0 Å². The second-order valence-electron chi connectivity index (χ2n) is 7.43. The number of ether oxygens (including phenoxy) is 1. The average Bonchev–Trinajstić information content (AvgIpc) is 3.20. The Balaban J connectivity index is 2.17. The standard InChI is InChI=1S/C23H20Cl2N4O4S/c1-4-33-23(30)19-21-26-13-17(16-7-5-6-8-18(16)25)20(14-9-11-15(24)12-10-14)29(21)27-22(19)34(31,32)28(2)3/h5-13H,4H2,1-3H3. The van der Waals surface area contributed by atoms with E-state index in [0.29, 0.717) is 32.4 Å². The van der Waals surface area contributed by atoms with Crippen molar-refractivity contribution in [3.63, 3.8) is 0 Å². The summed E-state index contributed by atoms with van der Waals surface area (Å²) in [6, 6.07) is 14.1. The van der Waals surface area contributed by atoms with Crippen molar-refractivity contribution in [1.29, 1.82) is 0 Å². The second-order valence-corrected chi connectivity index (χ2v) is 10.3. The monoisotopic (exact) mass is 518 g/mol. The maximum atomic E-state index is 13.1. The highest BCUT2D eigenvalue weighted by Crippen LogP contribution is 2.37. The number of benzene rings is 2. The van der Waals surface area contributed by atoms with E-state index in [-0.39, 0.29) is 17.8 Å². The first-order valence-electron chi connectivity index (χ1n) is 10.2. The van der Waals surface area contributed by atoms with Gasteiger partial charge < -0.3 is 4.74 Å². The minimum absolute atomic E-state index is 0.0413. The zero-order valence-electron chi connectivity index (χ0n) is 18.5. The van der Waals surface area contributed by atoms with Crippen molar-refractivity contribution in [2.45, 2.75) is 11.9 Å². The van der Waals surface area contributed by atoms with Gasteiger partial charge in [-0.1, -0.05) is 53.5 Å². The number of halogens is 2. The van der Waals surface area contributed by atoms with Gasteiger partial charge in [-0.3, -0.25) is 0 Å². The number of hydrogen-bond donors (Lipinski definition) is 0. The summed E-state index contributed by atoms with van der Waals surface area (Å²) < 4.78 is 33.7. The number of carbonyl (C=O) groups is 1. The Morgan fingerprint density at radius 3 is 2.35 bits per heavy atom. The van der Waals surface area contributed by atoms with Crippen molar-refractivity contribution < 1.29 is 17.9 Å². The Kier molecular flexibility index (Phi) is 6.64. The molecule has 2 aromatic heterocycles. The molecule has 0 spiro atoms. The van der Waals surface area contributed by atoms with E-state index in [2.05, 4.69) is 10.1 Å². The van der Waals surface area contributed by atoms with E-state index in [1.54, 1.807) is 43.3 Å². The van der Waals surface area contributed by atoms with E-state index in [1.807, 2.05) is 12.1 Å². The molecule has 176 valence electrons. The van der Waals surface area contributed by atoms with Crippen LogP contribution in [0.1, 0.15) is 17.3 Å². The summed E-state index contributed by atoms with van der Waals surface area (Å²) in [5.41, 5.74) is 2.20. The molecule has 0 amide bonds. The van der Waals surface area contributed by atoms with Gasteiger partial charge in [0.05, 0.1) is 12.3 Å². The number of carbonyl (C=O) groups excluding carboxylic acids is 1. The molecular formula is C23H20Cl2N4O4S. The van der Waals surface area contributed by atoms with E-state index in [9.17, 15) is 13.2 Å². The molecule has 0 bridgehead atoms. The van der Waals surface area contributed by atoms with Crippen LogP contribution in [0.3, 0.4) is 0 Å². The first-order chi connectivity index (χ1) is 16.2. The predicted molar refractivity (Wildman–Crippen MR) is 131 cm³/mol. The average molecular weight is 519 g/mol. The summed E-state index contributed by atoms with van der Waals surface area (Å²) in [5, 5.41) is 4.92. The molecule has 0 unspecified atom stereocenters. The van der Waals surface area contributed by atoms with Gasteiger partial charge in [0.15, 0.2) is 5.65 Å². The van der Waals surface area contributed by atoms with Gasteiger partial charge in [0.2, 0.25) is 5.03 Å². The Bertz CT molecular complexity index is 1500. The van der Waals surface area contributed by atoms with Crippen LogP contribution in [0.2, 0.25) is 10.0 Å². The van der Waals surface area contributed by atoms with Crippen molar-refractivity contribution in [2.75, 3.05) is 20.7 Å². The molecule has 0 fully saturated rings. The molecule has 8 nitrogen and oxygen atoms in total. The number of aromatic nitrogens is 3. The fourth-order valence-corrected chi connectivity index (χ4v) is 4.79. The van der Waals surface area contributed by atoms with Gasteiger partial charge in [-0.25, -0.2) is 27.0 Å². The molecule has 2 heterocycles. The van der Waals surface area contributed by atoms with Crippen molar-refractivity contribution in [3.8, 4) is 22.4 Å². The number of nitrogens with zero attached hydrogens (tertiary/aromatic N) is 4. The highest BCUT2D eigenvalue weighted by molar-refractivity contribution is 7.89. The molecule has 2 aromatic carbocycles. The third kappa shape index (κ3) is 4.16. The van der Waals surface area contributed by atoms with Crippen LogP contribution in [0.25, 0.3) is 28.0 Å². The molecule has 0 N–H and O–H groups in total. The van der Waals surface area contributed by atoms with E-state index in [4.69, 9.17) is 27.9 Å². The van der Waals surface area contributed by atoms with Gasteiger partial charge >= 0.3 is 5.97 Å². The second kappa shape index (κ2) is 9.34. The minimum atomic E-state index is -4.11. The third-order valence-corrected chi connectivity index (χ3v) is 7.42.